The van der Waals surface area contributed by atoms with Crippen molar-refractivity contribution in [2.75, 3.05) is 14.2 Å². The number of sulfonamides is 1. The molecule has 0 radical (unpaired) electrons. The summed E-state index contributed by atoms with van der Waals surface area (Å²) in [6.45, 7) is 1.99. The van der Waals surface area contributed by atoms with Gasteiger partial charge in [-0.1, -0.05) is 6.42 Å². The number of rotatable bonds is 6. The lowest BCUT2D eigenvalue weighted by Gasteiger charge is -2.28. The highest BCUT2D eigenvalue weighted by Crippen LogP contribution is 2.49. The van der Waals surface area contributed by atoms with Gasteiger partial charge in [-0.25, -0.2) is 13.1 Å². The predicted molar refractivity (Wildman–Crippen MR) is 88.3 cm³/mol. The van der Waals surface area contributed by atoms with E-state index in [4.69, 9.17) is 9.47 Å². The Bertz CT molecular complexity index is 673. The fraction of sp³-hybridized carbons (Fsp3) is 0.647. The molecule has 0 saturated heterocycles. The Hall–Kier alpha value is -1.27. The molecule has 0 aromatic heterocycles. The molecule has 0 amide bonds. The first-order valence-corrected chi connectivity index (χ1v) is 9.67. The lowest BCUT2D eigenvalue weighted by Crippen LogP contribution is -2.40. The van der Waals surface area contributed by atoms with Gasteiger partial charge in [-0.2, -0.15) is 0 Å². The van der Waals surface area contributed by atoms with Gasteiger partial charge in [0.25, 0.3) is 0 Å². The number of hydrogen-bond donors (Lipinski definition) is 1. The van der Waals surface area contributed by atoms with E-state index in [0.717, 1.165) is 12.3 Å². The van der Waals surface area contributed by atoms with Crippen LogP contribution in [0.2, 0.25) is 0 Å². The molecule has 3 rings (SSSR count). The Labute approximate surface area is 138 Å². The fourth-order valence-electron chi connectivity index (χ4n) is 4.29. The Morgan fingerprint density at radius 2 is 1.87 bits per heavy atom. The van der Waals surface area contributed by atoms with Crippen LogP contribution in [0.3, 0.4) is 0 Å². The van der Waals surface area contributed by atoms with Crippen LogP contribution in [0.15, 0.2) is 23.1 Å². The number of ether oxygens (including phenoxy) is 2. The van der Waals surface area contributed by atoms with Gasteiger partial charge in [0, 0.05) is 12.1 Å². The van der Waals surface area contributed by atoms with E-state index in [-0.39, 0.29) is 10.9 Å². The molecule has 4 atom stereocenters. The molecule has 128 valence electrons. The summed E-state index contributed by atoms with van der Waals surface area (Å²) in [6, 6.07) is 4.64. The summed E-state index contributed by atoms with van der Waals surface area (Å²) in [5.41, 5.74) is 0. The van der Waals surface area contributed by atoms with Crippen molar-refractivity contribution < 1.29 is 17.9 Å². The topological polar surface area (TPSA) is 64.6 Å². The third-order valence-corrected chi connectivity index (χ3v) is 7.00. The lowest BCUT2D eigenvalue weighted by atomic mass is 9.84. The Kier molecular flexibility index (Phi) is 4.56. The first-order chi connectivity index (χ1) is 10.9. The van der Waals surface area contributed by atoms with E-state index in [1.54, 1.807) is 12.1 Å². The molecule has 4 unspecified atom stereocenters. The van der Waals surface area contributed by atoms with E-state index >= 15 is 0 Å². The second-order valence-corrected chi connectivity index (χ2v) is 8.48. The first kappa shape index (κ1) is 16.6. The van der Waals surface area contributed by atoms with E-state index in [2.05, 4.69) is 4.72 Å². The van der Waals surface area contributed by atoms with Gasteiger partial charge in [0.15, 0.2) is 11.5 Å². The standard InChI is InChI=1S/C17H25NO4S/c1-11(15-9-12-4-5-13(15)8-12)18-23(19,20)14-6-7-16(21-2)17(10-14)22-3/h6-7,10-13,15,18H,4-5,8-9H2,1-3H3. The van der Waals surface area contributed by atoms with E-state index in [1.807, 2.05) is 6.92 Å². The molecule has 2 aliphatic rings. The fourth-order valence-corrected chi connectivity index (χ4v) is 5.60. The van der Waals surface area contributed by atoms with Crippen molar-refractivity contribution in [2.24, 2.45) is 17.8 Å². The molecule has 2 saturated carbocycles. The molecule has 2 fully saturated rings. The molecular formula is C17H25NO4S. The van der Waals surface area contributed by atoms with Gasteiger partial charge in [0.05, 0.1) is 19.1 Å². The molecule has 1 aromatic rings. The van der Waals surface area contributed by atoms with Crippen LogP contribution in [0, 0.1) is 17.8 Å². The molecule has 0 heterocycles. The summed E-state index contributed by atoms with van der Waals surface area (Å²) in [7, 11) is -0.528. The number of fused-ring (bicyclic) bond motifs is 2. The molecule has 2 bridgehead atoms. The minimum atomic E-state index is -3.56. The van der Waals surface area contributed by atoms with Crippen LogP contribution in [0.5, 0.6) is 11.5 Å². The molecular weight excluding hydrogens is 314 g/mol. The second-order valence-electron chi connectivity index (χ2n) is 6.77. The zero-order chi connectivity index (χ0) is 16.6. The lowest BCUT2D eigenvalue weighted by molar-refractivity contribution is 0.280. The van der Waals surface area contributed by atoms with Crippen molar-refractivity contribution in [3.8, 4) is 11.5 Å². The van der Waals surface area contributed by atoms with Crippen LogP contribution in [0.4, 0.5) is 0 Å². The Morgan fingerprint density at radius 1 is 1.13 bits per heavy atom. The van der Waals surface area contributed by atoms with Gasteiger partial charge in [-0.15, -0.1) is 0 Å². The van der Waals surface area contributed by atoms with Crippen molar-refractivity contribution in [3.63, 3.8) is 0 Å². The summed E-state index contributed by atoms with van der Waals surface area (Å²) in [5.74, 6) is 2.89. The van der Waals surface area contributed by atoms with Crippen LogP contribution in [0.25, 0.3) is 0 Å². The maximum Gasteiger partial charge on any atom is 0.240 e. The zero-order valence-corrected chi connectivity index (χ0v) is 14.7. The molecule has 1 aromatic carbocycles. The quantitative estimate of drug-likeness (QED) is 0.865. The van der Waals surface area contributed by atoms with Crippen molar-refractivity contribution in [3.05, 3.63) is 18.2 Å². The normalized spacial score (nSPS) is 27.9. The van der Waals surface area contributed by atoms with E-state index in [1.165, 1.54) is 39.5 Å². The summed E-state index contributed by atoms with van der Waals surface area (Å²) in [6.07, 6.45) is 4.99. The smallest absolute Gasteiger partial charge is 0.240 e. The van der Waals surface area contributed by atoms with Crippen molar-refractivity contribution in [1.82, 2.24) is 4.72 Å². The molecule has 0 aliphatic heterocycles. The largest absolute Gasteiger partial charge is 0.493 e. The average molecular weight is 339 g/mol. The molecule has 2 aliphatic carbocycles. The van der Waals surface area contributed by atoms with Crippen LogP contribution in [0.1, 0.15) is 32.6 Å². The first-order valence-electron chi connectivity index (χ1n) is 8.19. The molecule has 5 nitrogen and oxygen atoms in total. The summed E-state index contributed by atoms with van der Waals surface area (Å²) >= 11 is 0. The number of nitrogens with one attached hydrogen (secondary N) is 1. The molecule has 0 spiro atoms. The van der Waals surface area contributed by atoms with Crippen LogP contribution in [-0.4, -0.2) is 28.7 Å². The van der Waals surface area contributed by atoms with Crippen LogP contribution < -0.4 is 14.2 Å². The highest BCUT2D eigenvalue weighted by atomic mass is 32.2. The second kappa shape index (κ2) is 6.32. The highest BCUT2D eigenvalue weighted by Gasteiger charge is 2.42. The van der Waals surface area contributed by atoms with Gasteiger partial charge >= 0.3 is 0 Å². The summed E-state index contributed by atoms with van der Waals surface area (Å²) < 4.78 is 38.6. The maximum atomic E-state index is 12.7. The van der Waals surface area contributed by atoms with E-state index in [0.29, 0.717) is 23.3 Å². The summed E-state index contributed by atoms with van der Waals surface area (Å²) in [5, 5.41) is 0. The molecule has 6 heteroatoms. The van der Waals surface area contributed by atoms with Crippen molar-refractivity contribution in [2.45, 2.75) is 43.5 Å². The Morgan fingerprint density at radius 3 is 2.43 bits per heavy atom. The van der Waals surface area contributed by atoms with Gasteiger partial charge in [-0.3, -0.25) is 0 Å². The van der Waals surface area contributed by atoms with Crippen molar-refractivity contribution in [1.29, 1.82) is 0 Å². The van der Waals surface area contributed by atoms with Gasteiger partial charge in [-0.05, 0) is 56.1 Å². The minimum absolute atomic E-state index is 0.0385. The predicted octanol–water partition coefficient (Wildman–Crippen LogP) is 2.81. The Balaban J connectivity index is 1.76. The van der Waals surface area contributed by atoms with E-state index in [9.17, 15) is 8.42 Å². The third-order valence-electron chi connectivity index (χ3n) is 5.44. The monoisotopic (exact) mass is 339 g/mol. The van der Waals surface area contributed by atoms with Gasteiger partial charge < -0.3 is 9.47 Å². The summed E-state index contributed by atoms with van der Waals surface area (Å²) in [4.78, 5) is 0.213. The number of methoxy groups -OCH3 is 2. The molecule has 23 heavy (non-hydrogen) atoms. The third kappa shape index (κ3) is 3.19. The maximum absolute atomic E-state index is 12.7. The minimum Gasteiger partial charge on any atom is -0.493 e. The zero-order valence-electron chi connectivity index (χ0n) is 13.9. The van der Waals surface area contributed by atoms with Crippen LogP contribution >= 0.6 is 0 Å². The van der Waals surface area contributed by atoms with Gasteiger partial charge in [0.2, 0.25) is 10.0 Å². The van der Waals surface area contributed by atoms with Gasteiger partial charge in [0.1, 0.15) is 0 Å². The van der Waals surface area contributed by atoms with Crippen LogP contribution in [-0.2, 0) is 10.0 Å². The highest BCUT2D eigenvalue weighted by molar-refractivity contribution is 7.89. The van der Waals surface area contributed by atoms with Crippen molar-refractivity contribution >= 4 is 10.0 Å². The number of hydrogen-bond acceptors (Lipinski definition) is 4. The number of benzene rings is 1. The molecule has 1 N–H and O–H groups in total. The average Bonchev–Trinajstić information content (AvgIpc) is 3.16. The SMILES string of the molecule is COc1ccc(S(=O)(=O)NC(C)C2CC3CCC2C3)cc1OC. The van der Waals surface area contributed by atoms with E-state index < -0.39 is 10.0 Å².